The third kappa shape index (κ3) is 3.06. The van der Waals surface area contributed by atoms with Crippen molar-refractivity contribution in [1.82, 2.24) is 5.32 Å². The van der Waals surface area contributed by atoms with Crippen molar-refractivity contribution in [2.45, 2.75) is 56.7 Å². The predicted octanol–water partition coefficient (Wildman–Crippen LogP) is 1.69. The summed E-state index contributed by atoms with van der Waals surface area (Å²) in [5.74, 6) is 0.532. The Morgan fingerprint density at radius 1 is 1.20 bits per heavy atom. The zero-order chi connectivity index (χ0) is 17.4. The molecule has 5 N–H and O–H groups in total. The quantitative estimate of drug-likeness (QED) is 0.778. The molecule has 0 aromatic heterocycles. The lowest BCUT2D eigenvalue weighted by molar-refractivity contribution is 0.0951. The number of guanidine groups is 2. The molecule has 1 spiro atoms. The van der Waals surface area contributed by atoms with Gasteiger partial charge in [0.05, 0.1) is 0 Å². The van der Waals surface area contributed by atoms with Gasteiger partial charge in [0, 0.05) is 17.3 Å². The molecule has 3 aliphatic rings. The molecule has 7 nitrogen and oxygen atoms in total. The normalized spacial score (nSPS) is 22.3. The van der Waals surface area contributed by atoms with Gasteiger partial charge < -0.3 is 16.8 Å². The number of nitrogens with two attached hydrogens (primary N) is 2. The highest BCUT2D eigenvalue weighted by Gasteiger charge is 2.42. The second-order valence-corrected chi connectivity index (χ2v) is 7.12. The van der Waals surface area contributed by atoms with Crippen LogP contribution in [0, 0.1) is 0 Å². The molecular formula is C18H24N6O. The van der Waals surface area contributed by atoms with Crippen molar-refractivity contribution in [2.75, 3.05) is 4.90 Å². The smallest absolute Gasteiger partial charge is 0.251 e. The van der Waals surface area contributed by atoms with Crippen LogP contribution < -0.4 is 21.7 Å². The maximum atomic E-state index is 12.4. The molecule has 1 aliphatic heterocycles. The van der Waals surface area contributed by atoms with E-state index in [1.165, 1.54) is 6.42 Å². The van der Waals surface area contributed by atoms with Gasteiger partial charge in [-0.3, -0.25) is 9.69 Å². The highest BCUT2D eigenvalue weighted by Crippen LogP contribution is 2.39. The number of hydrogen-bond donors (Lipinski definition) is 3. The molecule has 0 atom stereocenters. The molecule has 7 heteroatoms. The maximum Gasteiger partial charge on any atom is 0.251 e. The molecule has 0 bridgehead atoms. The average molecular weight is 340 g/mol. The average Bonchev–Trinajstić information content (AvgIpc) is 3.39. The minimum absolute atomic E-state index is 0.0439. The number of rotatable bonds is 3. The monoisotopic (exact) mass is 340 g/mol. The molecule has 1 heterocycles. The van der Waals surface area contributed by atoms with Gasteiger partial charge in [0.1, 0.15) is 5.66 Å². The molecule has 132 valence electrons. The summed E-state index contributed by atoms with van der Waals surface area (Å²) in [5.41, 5.74) is 13.1. The number of aliphatic imine (C=N–C) groups is 2. The van der Waals surface area contributed by atoms with Crippen LogP contribution in [-0.4, -0.2) is 29.5 Å². The highest BCUT2D eigenvalue weighted by molar-refractivity contribution is 6.06. The van der Waals surface area contributed by atoms with E-state index in [9.17, 15) is 4.79 Å². The van der Waals surface area contributed by atoms with Gasteiger partial charge in [0.2, 0.25) is 11.9 Å². The van der Waals surface area contributed by atoms with E-state index in [1.54, 1.807) is 0 Å². The number of hydrogen-bond acceptors (Lipinski definition) is 6. The van der Waals surface area contributed by atoms with Crippen LogP contribution in [0.3, 0.4) is 0 Å². The molecule has 0 saturated heterocycles. The lowest BCUT2D eigenvalue weighted by Gasteiger charge is -2.45. The Kier molecular flexibility index (Phi) is 3.86. The molecule has 1 amide bonds. The molecule has 0 unspecified atom stereocenters. The van der Waals surface area contributed by atoms with Crippen molar-refractivity contribution >= 4 is 23.5 Å². The van der Waals surface area contributed by atoms with Crippen LogP contribution in [0.2, 0.25) is 0 Å². The molecular weight excluding hydrogens is 316 g/mol. The molecule has 1 aromatic rings. The molecule has 2 aliphatic carbocycles. The van der Waals surface area contributed by atoms with Gasteiger partial charge in [-0.25, -0.2) is 4.99 Å². The second kappa shape index (κ2) is 6.06. The predicted molar refractivity (Wildman–Crippen MR) is 98.5 cm³/mol. The first-order valence-electron chi connectivity index (χ1n) is 8.98. The van der Waals surface area contributed by atoms with Crippen molar-refractivity contribution in [3.05, 3.63) is 29.8 Å². The topological polar surface area (TPSA) is 109 Å². The Hall–Kier alpha value is -2.57. The fourth-order valence-corrected chi connectivity index (χ4v) is 3.78. The lowest BCUT2D eigenvalue weighted by atomic mass is 9.87. The third-order valence-electron chi connectivity index (χ3n) is 5.13. The van der Waals surface area contributed by atoms with Crippen LogP contribution in [0.1, 0.15) is 55.3 Å². The maximum absolute atomic E-state index is 12.4. The summed E-state index contributed by atoms with van der Waals surface area (Å²) in [5, 5.41) is 3.02. The summed E-state index contributed by atoms with van der Waals surface area (Å²) in [4.78, 5) is 23.2. The summed E-state index contributed by atoms with van der Waals surface area (Å²) >= 11 is 0. The van der Waals surface area contributed by atoms with Crippen molar-refractivity contribution in [1.29, 1.82) is 0 Å². The van der Waals surface area contributed by atoms with E-state index >= 15 is 0 Å². The van der Waals surface area contributed by atoms with Gasteiger partial charge >= 0.3 is 0 Å². The number of benzene rings is 1. The van der Waals surface area contributed by atoms with Crippen LogP contribution in [-0.2, 0) is 0 Å². The first-order valence-corrected chi connectivity index (χ1v) is 8.98. The number of anilines is 1. The molecule has 0 radical (unpaired) electrons. The summed E-state index contributed by atoms with van der Waals surface area (Å²) < 4.78 is 0. The fraction of sp³-hybridized carbons (Fsp3) is 0.500. The first kappa shape index (κ1) is 15.9. The summed E-state index contributed by atoms with van der Waals surface area (Å²) in [6, 6.07) is 7.84. The summed E-state index contributed by atoms with van der Waals surface area (Å²) in [7, 11) is 0. The number of carbonyl (C=O) groups is 1. The number of amides is 1. The number of nitrogens with zero attached hydrogens (tertiary/aromatic N) is 3. The van der Waals surface area contributed by atoms with E-state index in [-0.39, 0.29) is 11.9 Å². The van der Waals surface area contributed by atoms with Crippen molar-refractivity contribution in [3.8, 4) is 0 Å². The second-order valence-electron chi connectivity index (χ2n) is 7.12. The van der Waals surface area contributed by atoms with Gasteiger partial charge in [-0.05, 0) is 56.7 Å². The van der Waals surface area contributed by atoms with Crippen LogP contribution in [0.25, 0.3) is 0 Å². The SMILES string of the molecule is NC1=NC2(CCCCC2)N(c2cccc(C(=O)NC3CC3)c2)C(N)=N1. The first-order chi connectivity index (χ1) is 12.1. The van der Waals surface area contributed by atoms with E-state index in [4.69, 9.17) is 11.5 Å². The van der Waals surface area contributed by atoms with Gasteiger partial charge in [0.25, 0.3) is 5.91 Å². The van der Waals surface area contributed by atoms with Crippen molar-refractivity contribution < 1.29 is 4.79 Å². The van der Waals surface area contributed by atoms with Gasteiger partial charge in [-0.1, -0.05) is 12.5 Å². The number of nitrogens with one attached hydrogen (secondary N) is 1. The van der Waals surface area contributed by atoms with E-state index < -0.39 is 5.66 Å². The van der Waals surface area contributed by atoms with E-state index in [2.05, 4.69) is 15.3 Å². The largest absolute Gasteiger partial charge is 0.369 e. The van der Waals surface area contributed by atoms with E-state index in [0.717, 1.165) is 44.2 Å². The molecule has 25 heavy (non-hydrogen) atoms. The molecule has 4 rings (SSSR count). The van der Waals surface area contributed by atoms with Crippen LogP contribution >= 0.6 is 0 Å². The highest BCUT2D eigenvalue weighted by atomic mass is 16.1. The Morgan fingerprint density at radius 2 is 1.96 bits per heavy atom. The van der Waals surface area contributed by atoms with E-state index in [0.29, 0.717) is 17.6 Å². The molecule has 1 aromatic carbocycles. The molecule has 2 fully saturated rings. The molecule has 2 saturated carbocycles. The van der Waals surface area contributed by atoms with Gasteiger partial charge in [-0.15, -0.1) is 0 Å². The third-order valence-corrected chi connectivity index (χ3v) is 5.13. The fourth-order valence-electron chi connectivity index (χ4n) is 3.78. The lowest BCUT2D eigenvalue weighted by Crippen LogP contribution is -2.58. The van der Waals surface area contributed by atoms with E-state index in [1.807, 2.05) is 29.2 Å². The minimum atomic E-state index is -0.486. The Morgan fingerprint density at radius 3 is 2.68 bits per heavy atom. The van der Waals surface area contributed by atoms with Crippen LogP contribution in [0.15, 0.2) is 34.3 Å². The Bertz CT molecular complexity index is 746. The number of carbonyl (C=O) groups excluding carboxylic acids is 1. The minimum Gasteiger partial charge on any atom is -0.369 e. The zero-order valence-electron chi connectivity index (χ0n) is 14.2. The van der Waals surface area contributed by atoms with Crippen LogP contribution in [0.4, 0.5) is 5.69 Å². The van der Waals surface area contributed by atoms with Crippen molar-refractivity contribution in [2.24, 2.45) is 21.5 Å². The Balaban J connectivity index is 1.68. The van der Waals surface area contributed by atoms with Crippen LogP contribution in [0.5, 0.6) is 0 Å². The van der Waals surface area contributed by atoms with Gasteiger partial charge in [-0.2, -0.15) is 4.99 Å². The summed E-state index contributed by atoms with van der Waals surface area (Å²) in [6.45, 7) is 0. The van der Waals surface area contributed by atoms with Gasteiger partial charge in [0.15, 0.2) is 0 Å². The zero-order valence-corrected chi connectivity index (χ0v) is 14.2. The standard InChI is InChI=1S/C18H24N6O/c19-16-22-17(20)24(18(23-16)9-2-1-3-10-18)14-6-4-5-12(11-14)15(25)21-13-7-8-13/h4-6,11,13H,1-3,7-10H2,(H,21,25)(H4,19,20,22,23). The summed E-state index contributed by atoms with van der Waals surface area (Å²) in [6.07, 6.45) is 7.21. The van der Waals surface area contributed by atoms with Crippen molar-refractivity contribution in [3.63, 3.8) is 0 Å². The Labute approximate surface area is 147 Å².